The summed E-state index contributed by atoms with van der Waals surface area (Å²) in [5.41, 5.74) is 0.629. The summed E-state index contributed by atoms with van der Waals surface area (Å²) in [6.45, 7) is 1.45. The van der Waals surface area contributed by atoms with E-state index in [1.807, 2.05) is 0 Å². The van der Waals surface area contributed by atoms with E-state index in [0.29, 0.717) is 16.8 Å². The van der Waals surface area contributed by atoms with Gasteiger partial charge < -0.3 is 9.88 Å². The van der Waals surface area contributed by atoms with E-state index in [-0.39, 0.29) is 17.9 Å². The quantitative estimate of drug-likeness (QED) is 0.705. The number of benzene rings is 2. The molecule has 0 unspecified atom stereocenters. The first-order chi connectivity index (χ1) is 13.0. The Morgan fingerprint density at radius 3 is 2.56 bits per heavy atom. The van der Waals surface area contributed by atoms with Crippen LogP contribution >= 0.6 is 0 Å². The third kappa shape index (κ3) is 4.17. The van der Waals surface area contributed by atoms with E-state index in [9.17, 15) is 18.8 Å². The minimum atomic E-state index is -0.594. The van der Waals surface area contributed by atoms with Crippen LogP contribution in [0.5, 0.6) is 0 Å². The summed E-state index contributed by atoms with van der Waals surface area (Å²) in [6.07, 6.45) is 1.50. The van der Waals surface area contributed by atoms with Gasteiger partial charge >= 0.3 is 0 Å². The summed E-state index contributed by atoms with van der Waals surface area (Å²) in [7, 11) is 0. The number of rotatable bonds is 5. The Balaban J connectivity index is 1.86. The second kappa shape index (κ2) is 7.78. The van der Waals surface area contributed by atoms with Gasteiger partial charge in [0.1, 0.15) is 11.4 Å². The SMILES string of the molecule is CC(=O)c1cccc(NC(=O)c2cccn(Cc3ccccc3F)c2=O)c1. The highest BCUT2D eigenvalue weighted by Crippen LogP contribution is 2.12. The lowest BCUT2D eigenvalue weighted by atomic mass is 10.1. The number of ketones is 1. The molecule has 0 aliphatic rings. The van der Waals surface area contributed by atoms with E-state index >= 15 is 0 Å². The van der Waals surface area contributed by atoms with Crippen LogP contribution in [0.1, 0.15) is 33.2 Å². The molecule has 0 radical (unpaired) electrons. The Kier molecular flexibility index (Phi) is 5.26. The molecule has 1 heterocycles. The largest absolute Gasteiger partial charge is 0.322 e. The summed E-state index contributed by atoms with van der Waals surface area (Å²) >= 11 is 0. The lowest BCUT2D eigenvalue weighted by molar-refractivity contribution is 0.101. The maximum atomic E-state index is 13.8. The predicted octanol–water partition coefficient (Wildman–Crippen LogP) is 3.49. The number of amides is 1. The molecule has 1 aromatic heterocycles. The number of hydrogen-bond acceptors (Lipinski definition) is 3. The van der Waals surface area contributed by atoms with E-state index in [2.05, 4.69) is 5.32 Å². The van der Waals surface area contributed by atoms with Crippen molar-refractivity contribution in [3.8, 4) is 0 Å². The van der Waals surface area contributed by atoms with Crippen molar-refractivity contribution in [2.75, 3.05) is 5.32 Å². The topological polar surface area (TPSA) is 68.2 Å². The van der Waals surface area contributed by atoms with Crippen molar-refractivity contribution in [3.63, 3.8) is 0 Å². The van der Waals surface area contributed by atoms with Gasteiger partial charge in [-0.3, -0.25) is 14.4 Å². The Hall–Kier alpha value is -3.54. The summed E-state index contributed by atoms with van der Waals surface area (Å²) in [5.74, 6) is -1.14. The number of aromatic nitrogens is 1. The zero-order valence-corrected chi connectivity index (χ0v) is 14.6. The molecule has 136 valence electrons. The van der Waals surface area contributed by atoms with Gasteiger partial charge in [-0.2, -0.15) is 0 Å². The van der Waals surface area contributed by atoms with Gasteiger partial charge in [0.2, 0.25) is 0 Å². The monoisotopic (exact) mass is 364 g/mol. The molecule has 0 spiro atoms. The van der Waals surface area contributed by atoms with E-state index in [4.69, 9.17) is 0 Å². The number of anilines is 1. The van der Waals surface area contributed by atoms with Crippen molar-refractivity contribution < 1.29 is 14.0 Å². The molecule has 0 bridgehead atoms. The van der Waals surface area contributed by atoms with Crippen LogP contribution in [0.15, 0.2) is 71.7 Å². The zero-order chi connectivity index (χ0) is 19.4. The van der Waals surface area contributed by atoms with E-state index in [1.165, 1.54) is 29.8 Å². The first-order valence-corrected chi connectivity index (χ1v) is 8.31. The highest BCUT2D eigenvalue weighted by molar-refractivity contribution is 6.04. The Labute approximate surface area is 155 Å². The lowest BCUT2D eigenvalue weighted by Gasteiger charge is -2.10. The first kappa shape index (κ1) is 18.3. The number of halogens is 1. The van der Waals surface area contributed by atoms with Gasteiger partial charge in [0.15, 0.2) is 5.78 Å². The van der Waals surface area contributed by atoms with Crippen molar-refractivity contribution in [2.24, 2.45) is 0 Å². The van der Waals surface area contributed by atoms with Crippen LogP contribution in [0.4, 0.5) is 10.1 Å². The fraction of sp³-hybridized carbons (Fsp3) is 0.0952. The van der Waals surface area contributed by atoms with Gasteiger partial charge in [-0.15, -0.1) is 0 Å². The number of nitrogens with zero attached hydrogens (tertiary/aromatic N) is 1. The normalized spacial score (nSPS) is 10.4. The van der Waals surface area contributed by atoms with Crippen molar-refractivity contribution in [1.82, 2.24) is 4.57 Å². The van der Waals surface area contributed by atoms with Gasteiger partial charge in [-0.1, -0.05) is 30.3 Å². The Bertz CT molecular complexity index is 1070. The maximum Gasteiger partial charge on any atom is 0.263 e. The molecule has 0 aliphatic heterocycles. The van der Waals surface area contributed by atoms with Crippen molar-refractivity contribution in [3.05, 3.63) is 99.7 Å². The van der Waals surface area contributed by atoms with Gasteiger partial charge in [-0.25, -0.2) is 4.39 Å². The molecular formula is C21H17FN2O3. The molecule has 1 N–H and O–H groups in total. The number of carbonyl (C=O) groups excluding carboxylic acids is 2. The molecular weight excluding hydrogens is 347 g/mol. The van der Waals surface area contributed by atoms with Crippen LogP contribution < -0.4 is 10.9 Å². The molecule has 27 heavy (non-hydrogen) atoms. The second-order valence-electron chi connectivity index (χ2n) is 6.04. The standard InChI is InChI=1S/C21H17FN2O3/c1-14(25)15-7-4-8-17(12-15)23-20(26)18-9-5-11-24(21(18)27)13-16-6-2-3-10-19(16)22/h2-12H,13H2,1H3,(H,23,26). The molecule has 5 nitrogen and oxygen atoms in total. The average Bonchev–Trinajstić information content (AvgIpc) is 2.65. The molecule has 0 atom stereocenters. The predicted molar refractivity (Wildman–Crippen MR) is 101 cm³/mol. The third-order valence-corrected chi connectivity index (χ3v) is 4.09. The number of pyridine rings is 1. The number of nitrogens with one attached hydrogen (secondary N) is 1. The number of carbonyl (C=O) groups is 2. The van der Waals surface area contributed by atoms with E-state index < -0.39 is 17.3 Å². The van der Waals surface area contributed by atoms with Crippen molar-refractivity contribution >= 4 is 17.4 Å². The van der Waals surface area contributed by atoms with E-state index in [0.717, 1.165) is 0 Å². The van der Waals surface area contributed by atoms with Gasteiger partial charge in [0, 0.05) is 23.0 Å². The molecule has 2 aromatic carbocycles. The molecule has 0 fully saturated rings. The minimum absolute atomic E-state index is 0.0203. The average molecular weight is 364 g/mol. The molecule has 1 amide bonds. The molecule has 3 rings (SSSR count). The van der Waals surface area contributed by atoms with E-state index in [1.54, 1.807) is 48.5 Å². The second-order valence-corrected chi connectivity index (χ2v) is 6.04. The summed E-state index contributed by atoms with van der Waals surface area (Å²) in [4.78, 5) is 36.6. The van der Waals surface area contributed by atoms with Crippen LogP contribution in [0.2, 0.25) is 0 Å². The molecule has 0 saturated heterocycles. The Morgan fingerprint density at radius 1 is 1.04 bits per heavy atom. The highest BCUT2D eigenvalue weighted by Gasteiger charge is 2.14. The van der Waals surface area contributed by atoms with Gasteiger partial charge in [0.05, 0.1) is 6.54 Å². The zero-order valence-electron chi connectivity index (χ0n) is 14.6. The fourth-order valence-corrected chi connectivity index (χ4v) is 2.66. The van der Waals surface area contributed by atoms with Crippen LogP contribution in [0, 0.1) is 5.82 Å². The number of hydrogen-bond donors (Lipinski definition) is 1. The summed E-state index contributed by atoms with van der Waals surface area (Å²) in [6, 6.07) is 15.6. The molecule has 6 heteroatoms. The van der Waals surface area contributed by atoms with Crippen LogP contribution in [-0.2, 0) is 6.54 Å². The van der Waals surface area contributed by atoms with Crippen LogP contribution in [0.25, 0.3) is 0 Å². The first-order valence-electron chi connectivity index (χ1n) is 8.31. The summed E-state index contributed by atoms with van der Waals surface area (Å²) in [5, 5.41) is 2.62. The lowest BCUT2D eigenvalue weighted by Crippen LogP contribution is -2.29. The molecule has 0 saturated carbocycles. The van der Waals surface area contributed by atoms with Crippen molar-refractivity contribution in [2.45, 2.75) is 13.5 Å². The van der Waals surface area contributed by atoms with Gasteiger partial charge in [-0.05, 0) is 37.3 Å². The fourth-order valence-electron chi connectivity index (χ4n) is 2.66. The Morgan fingerprint density at radius 2 is 1.81 bits per heavy atom. The van der Waals surface area contributed by atoms with Crippen molar-refractivity contribution in [1.29, 1.82) is 0 Å². The molecule has 0 aliphatic carbocycles. The smallest absolute Gasteiger partial charge is 0.263 e. The maximum absolute atomic E-state index is 13.8. The summed E-state index contributed by atoms with van der Waals surface area (Å²) < 4.78 is 15.1. The highest BCUT2D eigenvalue weighted by atomic mass is 19.1. The number of Topliss-reactive ketones (excluding diaryl/α,β-unsaturated/α-hetero) is 1. The molecule has 3 aromatic rings. The van der Waals surface area contributed by atoms with Gasteiger partial charge in [0.25, 0.3) is 11.5 Å². The van der Waals surface area contributed by atoms with Crippen LogP contribution in [-0.4, -0.2) is 16.3 Å². The minimum Gasteiger partial charge on any atom is -0.322 e. The van der Waals surface area contributed by atoms with Crippen LogP contribution in [0.3, 0.4) is 0 Å². The third-order valence-electron chi connectivity index (χ3n) is 4.09.